The fraction of sp³-hybridized carbons (Fsp3) is 0.421. The van der Waals surface area contributed by atoms with Crippen LogP contribution in [0.25, 0.3) is 0 Å². The van der Waals surface area contributed by atoms with Crippen LogP contribution in [0.1, 0.15) is 74.9 Å². The molecule has 0 aliphatic carbocycles. The van der Waals surface area contributed by atoms with E-state index in [2.05, 4.69) is 10.3 Å². The lowest BCUT2D eigenvalue weighted by atomic mass is 9.71. The standard InChI is InChI=1S/C38H42FN5O4/c1-25-34(37(2,3)39)32(20-22-42-24-30(40-41-42)35(46)27-11-5-4-6-12-27)48-38(25)29-13-7-8-14-31(29)44(36(38)47)23-26-16-18-28(19-17-26)43-21-10-9-15-33(43)45/h4-8,11-14,16-19,24-25,32,34-35,46H,9-10,15,20-23H2,1-3H3/t25-,32+,34-,35-,38+/m1/s1. The van der Waals surface area contributed by atoms with Gasteiger partial charge in [-0.25, -0.2) is 4.39 Å². The van der Waals surface area contributed by atoms with Crippen molar-refractivity contribution in [1.82, 2.24) is 15.0 Å². The van der Waals surface area contributed by atoms with Crippen LogP contribution in [0.5, 0.6) is 0 Å². The maximum atomic E-state index is 16.1. The van der Waals surface area contributed by atoms with Gasteiger partial charge in [0.2, 0.25) is 5.91 Å². The van der Waals surface area contributed by atoms with Crippen LogP contribution in [-0.4, -0.2) is 50.2 Å². The first-order valence-corrected chi connectivity index (χ1v) is 16.9. The molecule has 3 aromatic carbocycles. The third-order valence-corrected chi connectivity index (χ3v) is 10.4. The van der Waals surface area contributed by atoms with Crippen LogP contribution >= 0.6 is 0 Å². The number of aryl methyl sites for hydroxylation is 1. The summed E-state index contributed by atoms with van der Waals surface area (Å²) >= 11 is 0. The fourth-order valence-corrected chi connectivity index (χ4v) is 8.08. The van der Waals surface area contributed by atoms with Crippen molar-refractivity contribution in [3.8, 4) is 0 Å². The third kappa shape index (κ3) is 5.60. The number of ether oxygens (including phenoxy) is 1. The van der Waals surface area contributed by atoms with Gasteiger partial charge in [-0.3, -0.25) is 14.3 Å². The topological polar surface area (TPSA) is 101 Å². The normalized spacial score (nSPS) is 24.8. The van der Waals surface area contributed by atoms with Crippen LogP contribution < -0.4 is 9.80 Å². The molecule has 1 spiro atoms. The quantitative estimate of drug-likeness (QED) is 0.235. The smallest absolute Gasteiger partial charge is 0.264 e. The van der Waals surface area contributed by atoms with E-state index in [0.717, 1.165) is 47.5 Å². The summed E-state index contributed by atoms with van der Waals surface area (Å²) in [6, 6.07) is 24.7. The molecule has 48 heavy (non-hydrogen) atoms. The van der Waals surface area contributed by atoms with Gasteiger partial charge in [-0.05, 0) is 62.4 Å². The van der Waals surface area contributed by atoms with Gasteiger partial charge in [0.15, 0.2) is 5.60 Å². The summed E-state index contributed by atoms with van der Waals surface area (Å²) < 4.78 is 24.6. The monoisotopic (exact) mass is 651 g/mol. The van der Waals surface area contributed by atoms with E-state index >= 15 is 4.39 Å². The maximum Gasteiger partial charge on any atom is 0.264 e. The molecule has 1 N–H and O–H groups in total. The highest BCUT2D eigenvalue weighted by Gasteiger charge is 2.66. The Hall–Kier alpha value is -4.41. The first-order chi connectivity index (χ1) is 23.1. The second kappa shape index (κ2) is 12.6. The summed E-state index contributed by atoms with van der Waals surface area (Å²) in [6.45, 7) is 6.46. The van der Waals surface area contributed by atoms with Gasteiger partial charge in [0, 0.05) is 42.6 Å². The molecule has 2 amide bonds. The highest BCUT2D eigenvalue weighted by atomic mass is 19.1. The molecule has 0 bridgehead atoms. The predicted molar refractivity (Wildman–Crippen MR) is 180 cm³/mol. The third-order valence-electron chi connectivity index (χ3n) is 10.4. The van der Waals surface area contributed by atoms with Gasteiger partial charge >= 0.3 is 0 Å². The van der Waals surface area contributed by atoms with Gasteiger partial charge in [-0.15, -0.1) is 5.10 Å². The van der Waals surface area contributed by atoms with Crippen molar-refractivity contribution in [2.45, 2.75) is 83.0 Å². The molecule has 2 saturated heterocycles. The van der Waals surface area contributed by atoms with Crippen LogP contribution in [0.15, 0.2) is 85.1 Å². The van der Waals surface area contributed by atoms with E-state index < -0.39 is 35.3 Å². The summed E-state index contributed by atoms with van der Waals surface area (Å²) in [5.41, 5.74) is 1.47. The molecule has 5 atom stereocenters. The van der Waals surface area contributed by atoms with Crippen molar-refractivity contribution < 1.29 is 23.8 Å². The zero-order valence-corrected chi connectivity index (χ0v) is 27.6. The van der Waals surface area contributed by atoms with Gasteiger partial charge in [-0.1, -0.05) is 72.8 Å². The zero-order valence-electron chi connectivity index (χ0n) is 27.6. The Morgan fingerprint density at radius 2 is 1.75 bits per heavy atom. The highest BCUT2D eigenvalue weighted by molar-refractivity contribution is 6.07. The number of hydrogen-bond acceptors (Lipinski definition) is 6. The van der Waals surface area contributed by atoms with E-state index in [-0.39, 0.29) is 11.8 Å². The molecule has 250 valence electrons. The lowest BCUT2D eigenvalue weighted by molar-refractivity contribution is -0.146. The molecular weight excluding hydrogens is 609 g/mol. The molecule has 2 fully saturated rings. The lowest BCUT2D eigenvalue weighted by Crippen LogP contribution is -2.45. The van der Waals surface area contributed by atoms with Gasteiger partial charge < -0.3 is 19.6 Å². The van der Waals surface area contributed by atoms with Crippen molar-refractivity contribution in [2.75, 3.05) is 16.3 Å². The Balaban J connectivity index is 1.13. The van der Waals surface area contributed by atoms with E-state index in [4.69, 9.17) is 4.74 Å². The minimum atomic E-state index is -1.63. The van der Waals surface area contributed by atoms with Crippen molar-refractivity contribution in [3.05, 3.63) is 107 Å². The van der Waals surface area contributed by atoms with Crippen molar-refractivity contribution in [3.63, 3.8) is 0 Å². The lowest BCUT2D eigenvalue weighted by Gasteiger charge is -2.32. The number of para-hydroxylation sites is 1. The number of nitrogens with zero attached hydrogens (tertiary/aromatic N) is 5. The van der Waals surface area contributed by atoms with E-state index in [9.17, 15) is 14.7 Å². The Bertz CT molecular complexity index is 1790. The van der Waals surface area contributed by atoms with Crippen molar-refractivity contribution >= 4 is 23.2 Å². The highest BCUT2D eigenvalue weighted by Crippen LogP contribution is 2.58. The van der Waals surface area contributed by atoms with E-state index in [1.165, 1.54) is 0 Å². The molecule has 0 radical (unpaired) electrons. The first kappa shape index (κ1) is 32.2. The number of halogens is 1. The summed E-state index contributed by atoms with van der Waals surface area (Å²) in [5, 5.41) is 19.2. The van der Waals surface area contributed by atoms with Gasteiger partial charge in [-0.2, -0.15) is 0 Å². The number of hydrogen-bond donors (Lipinski definition) is 1. The van der Waals surface area contributed by atoms with Crippen LogP contribution in [0, 0.1) is 11.8 Å². The second-order valence-corrected chi connectivity index (χ2v) is 13.9. The molecule has 7 rings (SSSR count). The molecule has 3 aliphatic heterocycles. The van der Waals surface area contributed by atoms with Crippen LogP contribution in [0.2, 0.25) is 0 Å². The average molecular weight is 652 g/mol. The van der Waals surface area contributed by atoms with Crippen molar-refractivity contribution in [1.29, 1.82) is 0 Å². The predicted octanol–water partition coefficient (Wildman–Crippen LogP) is 6.11. The maximum absolute atomic E-state index is 16.1. The van der Waals surface area contributed by atoms with Crippen LogP contribution in [0.4, 0.5) is 15.8 Å². The molecular formula is C38H42FN5O4. The van der Waals surface area contributed by atoms with Gasteiger partial charge in [0.25, 0.3) is 5.91 Å². The van der Waals surface area contributed by atoms with Gasteiger partial charge in [0.05, 0.1) is 24.5 Å². The van der Waals surface area contributed by atoms with E-state index in [0.29, 0.717) is 31.6 Å². The number of carbonyl (C=O) groups is 2. The molecule has 3 aliphatic rings. The van der Waals surface area contributed by atoms with Crippen LogP contribution in [-0.2, 0) is 33.0 Å². The number of aromatic nitrogens is 3. The van der Waals surface area contributed by atoms with Crippen LogP contribution in [0.3, 0.4) is 0 Å². The summed E-state index contributed by atoms with van der Waals surface area (Å²) in [7, 11) is 0. The minimum Gasteiger partial charge on any atom is -0.382 e. The minimum absolute atomic E-state index is 0.140. The number of anilines is 2. The molecule has 0 unspecified atom stereocenters. The van der Waals surface area contributed by atoms with E-state index in [1.54, 1.807) is 29.6 Å². The number of aliphatic hydroxyl groups excluding tert-OH is 1. The number of benzene rings is 3. The Morgan fingerprint density at radius 3 is 2.48 bits per heavy atom. The SMILES string of the molecule is C[C@@H]1[C@@H](C(C)(C)F)[C@H](CCn2cc([C@H](O)c3ccccc3)nn2)O[C@@]12C(=O)N(Cc1ccc(N3CCCCC3=O)cc1)c1ccccc12. The number of piperidine rings is 1. The second-order valence-electron chi connectivity index (χ2n) is 13.9. The molecule has 1 aromatic heterocycles. The number of alkyl halides is 1. The first-order valence-electron chi connectivity index (χ1n) is 16.9. The van der Waals surface area contributed by atoms with E-state index in [1.807, 2.05) is 90.7 Å². The molecule has 10 heteroatoms. The number of carbonyl (C=O) groups excluding carboxylic acids is 2. The largest absolute Gasteiger partial charge is 0.382 e. The average Bonchev–Trinajstić information content (AvgIpc) is 3.75. The molecule has 4 aromatic rings. The number of rotatable bonds is 9. The Kier molecular flexibility index (Phi) is 8.41. The number of aliphatic hydroxyl groups is 1. The molecule has 9 nitrogen and oxygen atoms in total. The summed E-state index contributed by atoms with van der Waals surface area (Å²) in [5.74, 6) is -1.09. The molecule has 0 saturated carbocycles. The Labute approximate surface area is 280 Å². The van der Waals surface area contributed by atoms with Gasteiger partial charge in [0.1, 0.15) is 17.5 Å². The fourth-order valence-electron chi connectivity index (χ4n) is 8.08. The number of amides is 2. The zero-order chi connectivity index (χ0) is 33.6. The van der Waals surface area contributed by atoms with Crippen molar-refractivity contribution in [2.24, 2.45) is 11.8 Å². The molecule has 4 heterocycles. The summed E-state index contributed by atoms with van der Waals surface area (Å²) in [4.78, 5) is 30.7. The summed E-state index contributed by atoms with van der Waals surface area (Å²) in [6.07, 6.45) is 3.09. The Morgan fingerprint density at radius 1 is 1.02 bits per heavy atom. The number of fused-ring (bicyclic) bond motifs is 2.